The van der Waals surface area contributed by atoms with Crippen LogP contribution in [0.25, 0.3) is 0 Å². The Hall–Kier alpha value is -2.40. The summed E-state index contributed by atoms with van der Waals surface area (Å²) < 4.78 is 5.08. The Balaban J connectivity index is 1.32. The maximum atomic E-state index is 12.0. The second kappa shape index (κ2) is 11.4. The summed E-state index contributed by atoms with van der Waals surface area (Å²) in [7, 11) is 2.53. The zero-order chi connectivity index (χ0) is 25.0. The van der Waals surface area contributed by atoms with Crippen LogP contribution in [0.4, 0.5) is 0 Å². The Morgan fingerprint density at radius 3 is 2.12 bits per heavy atom. The summed E-state index contributed by atoms with van der Waals surface area (Å²) in [5.41, 5.74) is 0. The Morgan fingerprint density at radius 2 is 1.50 bits per heavy atom. The quantitative estimate of drug-likeness (QED) is 0.0748. The standard InChI is InChI=1S/C18H23N3O11S2/c22-9-1-2-10(23)21(9)32-12(25)4-6-34-33-5-3-11(24)31-7-8-13(26)14(27)15(28)16-19-17(29)18(30)20(8)16/h8,13-16,26-28H,1-7H2,(H,19,29)/t8-,13-,14+,15+,16+/m1/s1. The van der Waals surface area contributed by atoms with Crippen molar-refractivity contribution < 1.29 is 53.7 Å². The third kappa shape index (κ3) is 5.80. The summed E-state index contributed by atoms with van der Waals surface area (Å²) in [5.74, 6) is -3.90. The van der Waals surface area contributed by atoms with Gasteiger partial charge in [0.1, 0.15) is 31.1 Å². The minimum atomic E-state index is -1.66. The number of fused-ring (bicyclic) bond motifs is 1. The van der Waals surface area contributed by atoms with Crippen molar-refractivity contribution in [3.63, 3.8) is 0 Å². The molecule has 188 valence electrons. The van der Waals surface area contributed by atoms with Gasteiger partial charge in [0.15, 0.2) is 0 Å². The van der Waals surface area contributed by atoms with E-state index >= 15 is 0 Å². The fourth-order valence-electron chi connectivity index (χ4n) is 3.50. The van der Waals surface area contributed by atoms with Gasteiger partial charge in [0.05, 0.1) is 18.9 Å². The molecular weight excluding hydrogens is 498 g/mol. The van der Waals surface area contributed by atoms with Crippen molar-refractivity contribution in [2.75, 3.05) is 18.1 Å². The van der Waals surface area contributed by atoms with E-state index in [0.29, 0.717) is 16.6 Å². The SMILES string of the molecule is O=C(CCSSCCC(=O)ON1C(=O)CCC1=O)OC[C@@H]1[C@@H](O)[C@H](O)[C@H](O)[C@H]2NC(=O)C(=O)N12. The number of nitrogens with zero attached hydrogens (tertiary/aromatic N) is 2. The summed E-state index contributed by atoms with van der Waals surface area (Å²) in [6.45, 7) is -0.488. The van der Waals surface area contributed by atoms with Crippen LogP contribution in [0, 0.1) is 0 Å². The highest BCUT2D eigenvalue weighted by Crippen LogP contribution is 2.27. The smallest absolute Gasteiger partial charge is 0.334 e. The van der Waals surface area contributed by atoms with Gasteiger partial charge in [-0.3, -0.25) is 24.0 Å². The van der Waals surface area contributed by atoms with Gasteiger partial charge in [-0.25, -0.2) is 4.79 Å². The largest absolute Gasteiger partial charge is 0.463 e. The van der Waals surface area contributed by atoms with Gasteiger partial charge in [-0.1, -0.05) is 21.6 Å². The second-order valence-electron chi connectivity index (χ2n) is 7.54. The predicted molar refractivity (Wildman–Crippen MR) is 113 cm³/mol. The first-order valence-electron chi connectivity index (χ1n) is 10.3. The van der Waals surface area contributed by atoms with Gasteiger partial charge < -0.3 is 35.1 Å². The third-order valence-electron chi connectivity index (χ3n) is 5.26. The van der Waals surface area contributed by atoms with E-state index in [1.165, 1.54) is 21.6 Å². The molecule has 0 spiro atoms. The van der Waals surface area contributed by atoms with Gasteiger partial charge in [0.25, 0.3) is 11.8 Å². The molecule has 5 atom stereocenters. The maximum Gasteiger partial charge on any atom is 0.334 e. The molecule has 3 aliphatic heterocycles. The number of ether oxygens (including phenoxy) is 1. The molecule has 4 amide bonds. The van der Waals surface area contributed by atoms with E-state index in [1.807, 2.05) is 0 Å². The zero-order valence-corrected chi connectivity index (χ0v) is 19.3. The predicted octanol–water partition coefficient (Wildman–Crippen LogP) is -2.95. The lowest BCUT2D eigenvalue weighted by Gasteiger charge is -2.44. The highest BCUT2D eigenvalue weighted by molar-refractivity contribution is 8.76. The number of imide groups is 1. The minimum Gasteiger partial charge on any atom is -0.463 e. The first kappa shape index (κ1) is 26.2. The topological polar surface area (TPSA) is 200 Å². The summed E-state index contributed by atoms with van der Waals surface area (Å²) in [6, 6.07) is -1.22. The van der Waals surface area contributed by atoms with Crippen molar-refractivity contribution in [2.45, 2.75) is 56.2 Å². The summed E-state index contributed by atoms with van der Waals surface area (Å²) in [5, 5.41) is 32.8. The van der Waals surface area contributed by atoms with Crippen molar-refractivity contribution in [3.05, 3.63) is 0 Å². The highest BCUT2D eigenvalue weighted by Gasteiger charge is 2.55. The van der Waals surface area contributed by atoms with E-state index in [0.717, 1.165) is 4.90 Å². The third-order valence-corrected chi connectivity index (χ3v) is 7.67. The Kier molecular flexibility index (Phi) is 8.75. The molecule has 3 rings (SSSR count). The van der Waals surface area contributed by atoms with E-state index in [-0.39, 0.29) is 25.7 Å². The fourth-order valence-corrected chi connectivity index (χ4v) is 5.44. The van der Waals surface area contributed by atoms with Crippen molar-refractivity contribution in [1.82, 2.24) is 15.3 Å². The van der Waals surface area contributed by atoms with Crippen molar-refractivity contribution in [1.29, 1.82) is 0 Å². The number of aliphatic hydroxyl groups is 3. The van der Waals surface area contributed by atoms with Crippen LogP contribution in [0.1, 0.15) is 25.7 Å². The van der Waals surface area contributed by atoms with Crippen LogP contribution in [0.2, 0.25) is 0 Å². The van der Waals surface area contributed by atoms with E-state index in [1.54, 1.807) is 0 Å². The Labute approximate surface area is 200 Å². The first-order valence-corrected chi connectivity index (χ1v) is 12.7. The second-order valence-corrected chi connectivity index (χ2v) is 10.2. The van der Waals surface area contributed by atoms with E-state index in [4.69, 9.17) is 9.57 Å². The fraction of sp³-hybridized carbons (Fsp3) is 0.667. The molecule has 0 aliphatic carbocycles. The molecule has 34 heavy (non-hydrogen) atoms. The molecule has 3 fully saturated rings. The Morgan fingerprint density at radius 1 is 0.912 bits per heavy atom. The number of esters is 1. The zero-order valence-electron chi connectivity index (χ0n) is 17.7. The summed E-state index contributed by atoms with van der Waals surface area (Å²) in [6.07, 6.45) is -6.19. The van der Waals surface area contributed by atoms with Crippen molar-refractivity contribution >= 4 is 57.2 Å². The molecular formula is C18H23N3O11S2. The van der Waals surface area contributed by atoms with Gasteiger partial charge in [-0.05, 0) is 0 Å². The number of hydrogen-bond donors (Lipinski definition) is 4. The lowest BCUT2D eigenvalue weighted by Crippen LogP contribution is -2.68. The van der Waals surface area contributed by atoms with Crippen LogP contribution in [0.5, 0.6) is 0 Å². The Bertz CT molecular complexity index is 856. The number of rotatable bonds is 10. The van der Waals surface area contributed by atoms with Crippen LogP contribution in [-0.2, 0) is 38.3 Å². The van der Waals surface area contributed by atoms with Gasteiger partial charge in [-0.15, -0.1) is 5.06 Å². The van der Waals surface area contributed by atoms with Crippen molar-refractivity contribution in [3.8, 4) is 0 Å². The van der Waals surface area contributed by atoms with Crippen LogP contribution < -0.4 is 5.32 Å². The number of aliphatic hydroxyl groups excluding tert-OH is 3. The summed E-state index contributed by atoms with van der Waals surface area (Å²) >= 11 is 0. The normalized spacial score (nSPS) is 28.7. The molecule has 3 aliphatic rings. The monoisotopic (exact) mass is 521 g/mol. The van der Waals surface area contributed by atoms with Crippen LogP contribution >= 0.6 is 21.6 Å². The number of amides is 4. The molecule has 0 aromatic heterocycles. The van der Waals surface area contributed by atoms with E-state index in [9.17, 15) is 44.1 Å². The van der Waals surface area contributed by atoms with Crippen LogP contribution in [-0.4, -0.2) is 109 Å². The van der Waals surface area contributed by atoms with Gasteiger partial charge in [0, 0.05) is 24.3 Å². The van der Waals surface area contributed by atoms with E-state index in [2.05, 4.69) is 5.32 Å². The lowest BCUT2D eigenvalue weighted by molar-refractivity contribution is -0.197. The van der Waals surface area contributed by atoms with Gasteiger partial charge in [0.2, 0.25) is 0 Å². The molecule has 3 heterocycles. The molecule has 0 aromatic carbocycles. The highest BCUT2D eigenvalue weighted by atomic mass is 33.1. The number of hydrogen-bond acceptors (Lipinski definition) is 13. The lowest BCUT2D eigenvalue weighted by atomic mass is 9.92. The molecule has 0 unspecified atom stereocenters. The molecule has 16 heteroatoms. The first-order chi connectivity index (χ1) is 16.1. The molecule has 0 aromatic rings. The van der Waals surface area contributed by atoms with Crippen molar-refractivity contribution in [2.24, 2.45) is 0 Å². The molecule has 4 N–H and O–H groups in total. The number of carbonyl (C=O) groups excluding carboxylic acids is 6. The number of hydroxylamine groups is 2. The minimum absolute atomic E-state index is 0.0129. The maximum absolute atomic E-state index is 12.0. The van der Waals surface area contributed by atoms with Gasteiger partial charge in [-0.2, -0.15) is 0 Å². The number of carbonyl (C=O) groups is 6. The number of nitrogens with one attached hydrogen (secondary N) is 1. The van der Waals surface area contributed by atoms with E-state index < -0.39 is 72.7 Å². The molecule has 0 bridgehead atoms. The molecule has 0 radical (unpaired) electrons. The molecule has 14 nitrogen and oxygen atoms in total. The molecule has 0 saturated carbocycles. The summed E-state index contributed by atoms with van der Waals surface area (Å²) in [4.78, 5) is 75.7. The molecule has 3 saturated heterocycles. The van der Waals surface area contributed by atoms with Gasteiger partial charge >= 0.3 is 23.8 Å². The number of piperidine rings is 1. The average molecular weight is 522 g/mol. The average Bonchev–Trinajstić information content (AvgIpc) is 3.27. The van der Waals surface area contributed by atoms with Crippen LogP contribution in [0.15, 0.2) is 0 Å². The van der Waals surface area contributed by atoms with Crippen LogP contribution in [0.3, 0.4) is 0 Å².